The van der Waals surface area contributed by atoms with E-state index in [0.29, 0.717) is 12.1 Å². The molecule has 122 valence electrons. The zero-order valence-corrected chi connectivity index (χ0v) is 14.1. The molecule has 5 heteroatoms. The number of hydrogen-bond acceptors (Lipinski definition) is 2. The first kappa shape index (κ1) is 16.6. The molecule has 1 aromatic rings. The van der Waals surface area contributed by atoms with Crippen LogP contribution >= 0.6 is 0 Å². The molecule has 0 bridgehead atoms. The van der Waals surface area contributed by atoms with Crippen LogP contribution in [-0.2, 0) is 0 Å². The van der Waals surface area contributed by atoms with Gasteiger partial charge in [0.1, 0.15) is 5.75 Å². The summed E-state index contributed by atoms with van der Waals surface area (Å²) in [5.74, 6) is 0.749. The van der Waals surface area contributed by atoms with Crippen LogP contribution in [0.4, 0.5) is 10.5 Å². The monoisotopic (exact) mass is 306 g/mol. The maximum atomic E-state index is 12.3. The number of ether oxygens (including phenoxy) is 1. The highest BCUT2D eigenvalue weighted by Crippen LogP contribution is 2.18. The van der Waals surface area contributed by atoms with Gasteiger partial charge in [-0.2, -0.15) is 0 Å². The molecule has 0 aliphatic carbocycles. The average Bonchev–Trinajstić information content (AvgIpc) is 2.54. The van der Waals surface area contributed by atoms with Gasteiger partial charge in [0, 0.05) is 37.7 Å². The Labute approximate surface area is 133 Å². The zero-order valence-electron chi connectivity index (χ0n) is 14.1. The molecule has 1 heterocycles. The number of rotatable bonds is 4. The summed E-state index contributed by atoms with van der Waals surface area (Å²) in [4.78, 5) is 15.8. The fourth-order valence-corrected chi connectivity index (χ4v) is 2.91. The zero-order chi connectivity index (χ0) is 16.1. The number of nitrogens with zero attached hydrogens (tertiary/aromatic N) is 1. The number of methoxy groups -OCH3 is 1. The fourth-order valence-electron chi connectivity index (χ4n) is 2.91. The second-order valence-electron chi connectivity index (χ2n) is 6.32. The number of carbonyl (C=O) groups is 1. The van der Waals surface area contributed by atoms with E-state index in [1.54, 1.807) is 12.0 Å². The summed E-state index contributed by atoms with van der Waals surface area (Å²) in [6.45, 7) is 6.14. The van der Waals surface area contributed by atoms with E-state index < -0.39 is 0 Å². The molecule has 22 heavy (non-hydrogen) atoms. The number of nitrogens with one attached hydrogen (secondary N) is 2. The van der Waals surface area contributed by atoms with E-state index in [4.69, 9.17) is 4.74 Å². The van der Waals surface area contributed by atoms with Gasteiger partial charge in [-0.05, 0) is 26.0 Å². The van der Waals surface area contributed by atoms with Crippen molar-refractivity contribution in [2.75, 3.05) is 32.6 Å². The van der Waals surface area contributed by atoms with Crippen LogP contribution in [0.15, 0.2) is 24.3 Å². The minimum absolute atomic E-state index is 0.0195. The molecule has 1 aromatic carbocycles. The molecule has 1 aliphatic heterocycles. The van der Waals surface area contributed by atoms with E-state index >= 15 is 0 Å². The number of likely N-dealkylation sites (tertiary alicyclic amines) is 1. The van der Waals surface area contributed by atoms with E-state index in [-0.39, 0.29) is 6.03 Å². The highest BCUT2D eigenvalue weighted by Gasteiger charge is 2.28. The number of amides is 2. The van der Waals surface area contributed by atoms with Gasteiger partial charge in [0.25, 0.3) is 0 Å². The van der Waals surface area contributed by atoms with Gasteiger partial charge in [-0.3, -0.25) is 0 Å². The first-order valence-corrected chi connectivity index (χ1v) is 8.04. The van der Waals surface area contributed by atoms with Crippen molar-refractivity contribution in [2.45, 2.75) is 38.8 Å². The lowest BCUT2D eigenvalue weighted by Crippen LogP contribution is -3.16. The summed E-state index contributed by atoms with van der Waals surface area (Å²) in [7, 11) is 3.88. The number of hydrogen-bond donors (Lipinski definition) is 2. The standard InChI is InChI=1S/C17H27N3O2/c1-13(2)19(3)15-8-10-20(11-9-15)17(21)18-14-6-5-7-16(12-14)22-4/h5-7,12-13,15H,8-11H2,1-4H3,(H,18,21)/p+1. The molecule has 2 N–H and O–H groups in total. The molecule has 1 unspecified atom stereocenters. The fraction of sp³-hybridized carbons (Fsp3) is 0.588. The first-order chi connectivity index (χ1) is 10.5. The molecule has 0 aromatic heterocycles. The van der Waals surface area contributed by atoms with Crippen LogP contribution in [0.2, 0.25) is 0 Å². The SMILES string of the molecule is COc1cccc(NC(=O)N2CCC([NH+](C)C(C)C)CC2)c1. The molecule has 0 saturated carbocycles. The van der Waals surface area contributed by atoms with Crippen LogP contribution in [0, 0.1) is 0 Å². The van der Waals surface area contributed by atoms with Crippen LogP contribution < -0.4 is 15.0 Å². The molecular weight excluding hydrogens is 278 g/mol. The van der Waals surface area contributed by atoms with Crippen molar-refractivity contribution >= 4 is 11.7 Å². The predicted molar refractivity (Wildman–Crippen MR) is 88.6 cm³/mol. The molecule has 0 radical (unpaired) electrons. The number of benzene rings is 1. The van der Waals surface area contributed by atoms with Gasteiger partial charge in [-0.15, -0.1) is 0 Å². The first-order valence-electron chi connectivity index (χ1n) is 8.04. The second kappa shape index (κ2) is 7.49. The lowest BCUT2D eigenvalue weighted by molar-refractivity contribution is -0.928. The summed E-state index contributed by atoms with van der Waals surface area (Å²) < 4.78 is 5.18. The van der Waals surface area contributed by atoms with Gasteiger partial charge < -0.3 is 19.9 Å². The summed E-state index contributed by atoms with van der Waals surface area (Å²) in [6, 6.07) is 8.72. The number of piperidine rings is 1. The Morgan fingerprint density at radius 2 is 2.05 bits per heavy atom. The average molecular weight is 306 g/mol. The van der Waals surface area contributed by atoms with Gasteiger partial charge in [0.05, 0.1) is 26.2 Å². The lowest BCUT2D eigenvalue weighted by Gasteiger charge is -2.36. The Balaban J connectivity index is 1.87. The third-order valence-electron chi connectivity index (χ3n) is 4.66. The molecule has 0 spiro atoms. The molecular formula is C17H28N3O2+. The van der Waals surface area contributed by atoms with Gasteiger partial charge in [-0.25, -0.2) is 4.79 Å². The van der Waals surface area contributed by atoms with Crippen LogP contribution in [0.5, 0.6) is 5.75 Å². The molecule has 5 nitrogen and oxygen atoms in total. The summed E-state index contributed by atoms with van der Waals surface area (Å²) in [5, 5.41) is 2.95. The van der Waals surface area contributed by atoms with Crippen molar-refractivity contribution in [1.82, 2.24) is 4.90 Å². The van der Waals surface area contributed by atoms with E-state index in [1.165, 1.54) is 0 Å². The largest absolute Gasteiger partial charge is 0.497 e. The third-order valence-corrected chi connectivity index (χ3v) is 4.66. The Bertz CT molecular complexity index is 496. The highest BCUT2D eigenvalue weighted by atomic mass is 16.5. The van der Waals surface area contributed by atoms with Crippen LogP contribution in [0.1, 0.15) is 26.7 Å². The maximum Gasteiger partial charge on any atom is 0.321 e. The lowest BCUT2D eigenvalue weighted by atomic mass is 10.0. The molecule has 1 fully saturated rings. The number of urea groups is 1. The highest BCUT2D eigenvalue weighted by molar-refractivity contribution is 5.89. The van der Waals surface area contributed by atoms with E-state index in [0.717, 1.165) is 37.4 Å². The molecule has 1 atom stereocenters. The minimum atomic E-state index is -0.0195. The smallest absolute Gasteiger partial charge is 0.321 e. The van der Waals surface area contributed by atoms with E-state index in [1.807, 2.05) is 29.2 Å². The van der Waals surface area contributed by atoms with Gasteiger partial charge >= 0.3 is 6.03 Å². The summed E-state index contributed by atoms with van der Waals surface area (Å²) >= 11 is 0. The van der Waals surface area contributed by atoms with Crippen LogP contribution in [0.25, 0.3) is 0 Å². The van der Waals surface area contributed by atoms with Crippen molar-refractivity contribution in [3.8, 4) is 5.75 Å². The van der Waals surface area contributed by atoms with Gasteiger partial charge in [0.15, 0.2) is 0 Å². The van der Waals surface area contributed by atoms with Crippen LogP contribution in [-0.4, -0.2) is 50.3 Å². The number of quaternary nitrogens is 1. The summed E-state index contributed by atoms with van der Waals surface area (Å²) in [5.41, 5.74) is 0.774. The quantitative estimate of drug-likeness (QED) is 0.888. The van der Waals surface area contributed by atoms with Crippen molar-refractivity contribution in [3.05, 3.63) is 24.3 Å². The van der Waals surface area contributed by atoms with Crippen molar-refractivity contribution in [2.24, 2.45) is 0 Å². The molecule has 1 aliphatic rings. The normalized spacial score (nSPS) is 17.4. The van der Waals surface area contributed by atoms with E-state index in [2.05, 4.69) is 26.2 Å². The second-order valence-corrected chi connectivity index (χ2v) is 6.32. The number of carbonyl (C=O) groups excluding carboxylic acids is 1. The molecule has 1 saturated heterocycles. The molecule has 2 rings (SSSR count). The number of anilines is 1. The Morgan fingerprint density at radius 1 is 1.36 bits per heavy atom. The summed E-state index contributed by atoms with van der Waals surface area (Å²) in [6.07, 6.45) is 2.13. The topological polar surface area (TPSA) is 46.0 Å². The van der Waals surface area contributed by atoms with Gasteiger partial charge in [-0.1, -0.05) is 6.07 Å². The van der Waals surface area contributed by atoms with Crippen molar-refractivity contribution < 1.29 is 14.4 Å². The van der Waals surface area contributed by atoms with Crippen molar-refractivity contribution in [3.63, 3.8) is 0 Å². The van der Waals surface area contributed by atoms with Crippen LogP contribution in [0.3, 0.4) is 0 Å². The van der Waals surface area contributed by atoms with Crippen molar-refractivity contribution in [1.29, 1.82) is 0 Å². The Morgan fingerprint density at radius 3 is 2.64 bits per heavy atom. The Kier molecular flexibility index (Phi) is 5.66. The maximum absolute atomic E-state index is 12.3. The van der Waals surface area contributed by atoms with Gasteiger partial charge in [0.2, 0.25) is 0 Å². The predicted octanol–water partition coefficient (Wildman–Crippen LogP) is 1.61. The third kappa shape index (κ3) is 4.13. The Hall–Kier alpha value is -1.75. The minimum Gasteiger partial charge on any atom is -0.497 e. The molecule has 2 amide bonds. The van der Waals surface area contributed by atoms with E-state index in [9.17, 15) is 4.79 Å².